The van der Waals surface area contributed by atoms with Crippen LogP contribution in [0.15, 0.2) is 34.6 Å². The average molecular weight is 252 g/mol. The van der Waals surface area contributed by atoms with Crippen molar-refractivity contribution in [1.82, 2.24) is 19.4 Å². The number of aliphatic carboxylic acids is 1. The molecule has 17 heavy (non-hydrogen) atoms. The lowest BCUT2D eigenvalue weighted by molar-refractivity contribution is -0.139. The number of rotatable bonds is 3. The molecule has 0 radical (unpaired) electrons. The number of aromatic nitrogens is 4. The minimum atomic E-state index is -1.22. The van der Waals surface area contributed by atoms with E-state index in [4.69, 9.17) is 5.11 Å². The Bertz CT molecular complexity index is 660. The van der Waals surface area contributed by atoms with Gasteiger partial charge in [0.2, 0.25) is 0 Å². The lowest BCUT2D eigenvalue weighted by Crippen LogP contribution is -2.29. The van der Waals surface area contributed by atoms with E-state index in [1.807, 2.05) is 0 Å². The maximum Gasteiger partial charge on any atom is 0.368 e. The van der Waals surface area contributed by atoms with Gasteiger partial charge in [-0.15, -0.1) is 24.3 Å². The second-order valence-electron chi connectivity index (χ2n) is 3.21. The highest BCUT2D eigenvalue weighted by Gasteiger charge is 2.21. The number of nitrogens with zero attached hydrogens (tertiary/aromatic N) is 4. The zero-order valence-electron chi connectivity index (χ0n) is 8.52. The molecule has 1 N–H and O–H groups in total. The van der Waals surface area contributed by atoms with Gasteiger partial charge in [-0.1, -0.05) is 6.08 Å². The number of fused-ring (bicyclic) bond motifs is 1. The normalized spacial score (nSPS) is 12.5. The van der Waals surface area contributed by atoms with Gasteiger partial charge in [-0.2, -0.15) is 14.3 Å². The van der Waals surface area contributed by atoms with Crippen LogP contribution in [-0.2, 0) is 4.79 Å². The fourth-order valence-corrected chi connectivity index (χ4v) is 1.52. The Hall–Kier alpha value is -2.09. The van der Waals surface area contributed by atoms with Gasteiger partial charge in [0.15, 0.2) is 11.7 Å². The molecule has 0 saturated carbocycles. The third-order valence-electron chi connectivity index (χ3n) is 2.13. The third-order valence-corrected chi connectivity index (χ3v) is 2.37. The van der Waals surface area contributed by atoms with Gasteiger partial charge in [0.1, 0.15) is 5.03 Å². The van der Waals surface area contributed by atoms with Gasteiger partial charge in [0, 0.05) is 0 Å². The molecule has 0 aliphatic carbocycles. The Kier molecular flexibility index (Phi) is 2.72. The van der Waals surface area contributed by atoms with E-state index in [0.717, 1.165) is 15.3 Å². The Balaban J connectivity index is 2.71. The molecule has 1 atom stereocenters. The van der Waals surface area contributed by atoms with Gasteiger partial charge in [-0.3, -0.25) is 0 Å². The van der Waals surface area contributed by atoms with Crippen molar-refractivity contribution in [3.63, 3.8) is 0 Å². The van der Waals surface area contributed by atoms with Crippen LogP contribution in [0.3, 0.4) is 0 Å². The monoisotopic (exact) mass is 252 g/mol. The topological polar surface area (TPSA) is 89.5 Å². The van der Waals surface area contributed by atoms with Crippen LogP contribution in [-0.4, -0.2) is 30.5 Å². The van der Waals surface area contributed by atoms with E-state index in [2.05, 4.69) is 29.4 Å². The Morgan fingerprint density at radius 2 is 2.24 bits per heavy atom. The van der Waals surface area contributed by atoms with Crippen LogP contribution in [0.2, 0.25) is 0 Å². The number of thiol groups is 1. The van der Waals surface area contributed by atoms with Gasteiger partial charge in [0.05, 0.1) is 0 Å². The molecule has 0 spiro atoms. The van der Waals surface area contributed by atoms with Gasteiger partial charge in [-0.25, -0.2) is 9.59 Å². The summed E-state index contributed by atoms with van der Waals surface area (Å²) in [4.78, 5) is 22.8. The summed E-state index contributed by atoms with van der Waals surface area (Å²) < 4.78 is 1.80. The zero-order chi connectivity index (χ0) is 12.6. The molecule has 0 aliphatic heterocycles. The molecule has 2 aromatic rings. The molecule has 88 valence electrons. The molecule has 7 nitrogen and oxygen atoms in total. The number of hydrogen-bond acceptors (Lipinski definition) is 5. The van der Waals surface area contributed by atoms with E-state index >= 15 is 0 Å². The molecule has 0 saturated heterocycles. The maximum atomic E-state index is 11.8. The smallest absolute Gasteiger partial charge is 0.368 e. The first kappa shape index (κ1) is 11.4. The van der Waals surface area contributed by atoms with Crippen LogP contribution in [0.25, 0.3) is 5.65 Å². The summed E-state index contributed by atoms with van der Waals surface area (Å²) in [7, 11) is 0. The predicted octanol–water partition coefficient (Wildman–Crippen LogP) is -0.00860. The van der Waals surface area contributed by atoms with Gasteiger partial charge in [0.25, 0.3) is 0 Å². The summed E-state index contributed by atoms with van der Waals surface area (Å²) in [5, 5.41) is 16.9. The molecule has 2 aromatic heterocycles. The molecule has 0 bridgehead atoms. The SMILES string of the molecule is C=CC(C(=O)O)n1nc2ccc(S)nn2c1=O. The van der Waals surface area contributed by atoms with Crippen LogP contribution in [0.4, 0.5) is 0 Å². The second-order valence-corrected chi connectivity index (χ2v) is 3.67. The van der Waals surface area contributed by atoms with Crippen molar-refractivity contribution in [2.24, 2.45) is 0 Å². The van der Waals surface area contributed by atoms with Crippen molar-refractivity contribution in [3.8, 4) is 0 Å². The number of hydrogen-bond donors (Lipinski definition) is 2. The first-order valence-electron chi connectivity index (χ1n) is 4.57. The molecule has 0 aromatic carbocycles. The molecular formula is C9H8N4O3S. The van der Waals surface area contributed by atoms with Crippen molar-refractivity contribution in [1.29, 1.82) is 0 Å². The van der Waals surface area contributed by atoms with E-state index in [9.17, 15) is 9.59 Å². The number of carbonyl (C=O) groups is 1. The minimum Gasteiger partial charge on any atom is -0.479 e. The summed E-state index contributed by atoms with van der Waals surface area (Å²) in [6, 6.07) is 1.86. The molecule has 2 heterocycles. The molecule has 8 heteroatoms. The van der Waals surface area contributed by atoms with Crippen LogP contribution in [0, 0.1) is 0 Å². The fraction of sp³-hybridized carbons (Fsp3) is 0.111. The molecule has 0 aliphatic rings. The maximum absolute atomic E-state index is 11.8. The minimum absolute atomic E-state index is 0.251. The van der Waals surface area contributed by atoms with Crippen molar-refractivity contribution >= 4 is 24.2 Å². The van der Waals surface area contributed by atoms with Crippen molar-refractivity contribution in [2.45, 2.75) is 11.1 Å². The molecule has 2 rings (SSSR count). The first-order valence-corrected chi connectivity index (χ1v) is 5.02. The third kappa shape index (κ3) is 1.82. The lowest BCUT2D eigenvalue weighted by Gasteiger charge is -2.03. The zero-order valence-corrected chi connectivity index (χ0v) is 9.41. The van der Waals surface area contributed by atoms with Crippen molar-refractivity contribution in [3.05, 3.63) is 35.3 Å². The second kappa shape index (κ2) is 4.06. The quantitative estimate of drug-likeness (QED) is 0.592. The van der Waals surface area contributed by atoms with Crippen molar-refractivity contribution in [2.75, 3.05) is 0 Å². The Morgan fingerprint density at radius 1 is 1.53 bits per heavy atom. The van der Waals surface area contributed by atoms with Crippen LogP contribution < -0.4 is 5.69 Å². The molecular weight excluding hydrogens is 244 g/mol. The highest BCUT2D eigenvalue weighted by molar-refractivity contribution is 7.80. The molecule has 0 amide bonds. The molecule has 1 unspecified atom stereocenters. The van der Waals surface area contributed by atoms with E-state index in [0.29, 0.717) is 5.03 Å². The van der Waals surface area contributed by atoms with Gasteiger partial charge < -0.3 is 5.11 Å². The standard InChI is InChI=1S/C9H8N4O3S/c1-2-5(8(14)15)12-9(16)13-6(10-12)3-4-7(17)11-13/h2-5H,1H2,(H,11,17)(H,14,15). The summed E-state index contributed by atoms with van der Waals surface area (Å²) in [6.45, 7) is 3.36. The predicted molar refractivity (Wildman–Crippen MR) is 61.4 cm³/mol. The van der Waals surface area contributed by atoms with Crippen LogP contribution in [0.5, 0.6) is 0 Å². The highest BCUT2D eigenvalue weighted by Crippen LogP contribution is 2.06. The largest absolute Gasteiger partial charge is 0.479 e. The summed E-state index contributed by atoms with van der Waals surface area (Å²) in [5.74, 6) is -1.21. The lowest BCUT2D eigenvalue weighted by atomic mass is 10.3. The summed E-state index contributed by atoms with van der Waals surface area (Å²) in [5.41, 5.74) is -0.399. The average Bonchev–Trinajstić information content (AvgIpc) is 2.58. The van der Waals surface area contributed by atoms with Crippen LogP contribution in [0.1, 0.15) is 6.04 Å². The molecule has 0 fully saturated rings. The highest BCUT2D eigenvalue weighted by atomic mass is 32.1. The summed E-state index contributed by atoms with van der Waals surface area (Å²) in [6.07, 6.45) is 1.12. The van der Waals surface area contributed by atoms with E-state index in [1.54, 1.807) is 6.07 Å². The fourth-order valence-electron chi connectivity index (χ4n) is 1.36. The first-order chi connectivity index (χ1) is 8.04. The van der Waals surface area contributed by atoms with Gasteiger partial charge in [-0.05, 0) is 12.1 Å². The number of carboxylic acids is 1. The van der Waals surface area contributed by atoms with Gasteiger partial charge >= 0.3 is 11.7 Å². The van der Waals surface area contributed by atoms with E-state index < -0.39 is 17.7 Å². The van der Waals surface area contributed by atoms with Crippen molar-refractivity contribution < 1.29 is 9.90 Å². The van der Waals surface area contributed by atoms with Crippen LogP contribution >= 0.6 is 12.6 Å². The Labute approximate surface area is 100 Å². The van der Waals surface area contributed by atoms with E-state index in [-0.39, 0.29) is 5.65 Å². The van der Waals surface area contributed by atoms with E-state index in [1.165, 1.54) is 6.07 Å². The summed E-state index contributed by atoms with van der Waals surface area (Å²) >= 11 is 3.99. The Morgan fingerprint density at radius 3 is 2.82 bits per heavy atom. The number of carboxylic acid groups (broad SMARTS) is 1.